The molecule has 0 saturated heterocycles. The van der Waals surface area contributed by atoms with Crippen molar-refractivity contribution in [2.24, 2.45) is 0 Å². The SMILES string of the molecule is O=C(O)NC(c1cccs1)c1ccccc1F. The molecule has 1 aromatic heterocycles. The first-order valence-electron chi connectivity index (χ1n) is 4.96. The van der Waals surface area contributed by atoms with Crippen LogP contribution < -0.4 is 5.32 Å². The number of carbonyl (C=O) groups is 1. The number of hydrogen-bond acceptors (Lipinski definition) is 2. The van der Waals surface area contributed by atoms with Crippen molar-refractivity contribution in [3.63, 3.8) is 0 Å². The number of nitrogens with one attached hydrogen (secondary N) is 1. The second-order valence-corrected chi connectivity index (χ2v) is 4.40. The maximum atomic E-state index is 13.7. The van der Waals surface area contributed by atoms with E-state index < -0.39 is 18.0 Å². The molecule has 88 valence electrons. The van der Waals surface area contributed by atoms with Crippen LogP contribution in [-0.2, 0) is 0 Å². The van der Waals surface area contributed by atoms with Crippen molar-refractivity contribution in [3.05, 3.63) is 58.0 Å². The number of rotatable bonds is 3. The van der Waals surface area contributed by atoms with Gasteiger partial charge in [0.1, 0.15) is 5.82 Å². The molecule has 0 bridgehead atoms. The Balaban J connectivity index is 2.41. The lowest BCUT2D eigenvalue weighted by atomic mass is 10.1. The molecule has 0 aliphatic rings. The lowest BCUT2D eigenvalue weighted by Gasteiger charge is -2.16. The largest absolute Gasteiger partial charge is 0.465 e. The van der Waals surface area contributed by atoms with Crippen LogP contribution in [0.5, 0.6) is 0 Å². The molecule has 5 heteroatoms. The van der Waals surface area contributed by atoms with Gasteiger partial charge in [0.25, 0.3) is 0 Å². The fraction of sp³-hybridized carbons (Fsp3) is 0.0833. The van der Waals surface area contributed by atoms with E-state index in [2.05, 4.69) is 5.32 Å². The lowest BCUT2D eigenvalue weighted by molar-refractivity contribution is 0.191. The highest BCUT2D eigenvalue weighted by Gasteiger charge is 2.20. The second-order valence-electron chi connectivity index (χ2n) is 3.42. The van der Waals surface area contributed by atoms with Gasteiger partial charge in [0, 0.05) is 10.4 Å². The Morgan fingerprint density at radius 1 is 1.29 bits per heavy atom. The first-order valence-corrected chi connectivity index (χ1v) is 5.83. The molecule has 0 spiro atoms. The van der Waals surface area contributed by atoms with Crippen molar-refractivity contribution in [1.29, 1.82) is 0 Å². The maximum Gasteiger partial charge on any atom is 0.405 e. The van der Waals surface area contributed by atoms with Crippen LogP contribution in [0.3, 0.4) is 0 Å². The summed E-state index contributed by atoms with van der Waals surface area (Å²) in [6.45, 7) is 0. The maximum absolute atomic E-state index is 13.7. The number of amides is 1. The van der Waals surface area contributed by atoms with E-state index in [0.29, 0.717) is 5.56 Å². The van der Waals surface area contributed by atoms with Crippen LogP contribution in [0.1, 0.15) is 16.5 Å². The summed E-state index contributed by atoms with van der Waals surface area (Å²) >= 11 is 1.38. The Bertz CT molecular complexity index is 513. The van der Waals surface area contributed by atoms with Gasteiger partial charge < -0.3 is 10.4 Å². The van der Waals surface area contributed by atoms with E-state index in [1.165, 1.54) is 17.4 Å². The molecule has 1 amide bonds. The van der Waals surface area contributed by atoms with Crippen molar-refractivity contribution >= 4 is 17.4 Å². The van der Waals surface area contributed by atoms with Crippen LogP contribution in [0.25, 0.3) is 0 Å². The summed E-state index contributed by atoms with van der Waals surface area (Å²) in [6.07, 6.45) is -1.17. The predicted molar refractivity (Wildman–Crippen MR) is 63.7 cm³/mol. The number of hydrogen-bond donors (Lipinski definition) is 2. The number of halogens is 1. The summed E-state index contributed by atoms with van der Waals surface area (Å²) in [4.78, 5) is 11.5. The molecule has 0 radical (unpaired) electrons. The van der Waals surface area contributed by atoms with Crippen molar-refractivity contribution in [3.8, 4) is 0 Å². The molecule has 0 aliphatic heterocycles. The fourth-order valence-electron chi connectivity index (χ4n) is 1.59. The number of carboxylic acid groups (broad SMARTS) is 1. The van der Waals surface area contributed by atoms with Gasteiger partial charge in [-0.3, -0.25) is 0 Å². The Hall–Kier alpha value is -1.88. The van der Waals surface area contributed by atoms with E-state index in [9.17, 15) is 9.18 Å². The summed E-state index contributed by atoms with van der Waals surface area (Å²) in [5.74, 6) is -0.417. The molecule has 1 aromatic carbocycles. The van der Waals surface area contributed by atoms with Gasteiger partial charge in [-0.15, -0.1) is 11.3 Å². The molecule has 2 rings (SSSR count). The predicted octanol–water partition coefficient (Wildman–Crippen LogP) is 3.24. The molecule has 1 unspecified atom stereocenters. The highest BCUT2D eigenvalue weighted by atomic mass is 32.1. The summed E-state index contributed by atoms with van der Waals surface area (Å²) < 4.78 is 13.7. The minimum atomic E-state index is -1.17. The molecule has 0 aliphatic carbocycles. The average molecular weight is 251 g/mol. The van der Waals surface area contributed by atoms with E-state index >= 15 is 0 Å². The zero-order chi connectivity index (χ0) is 12.3. The zero-order valence-corrected chi connectivity index (χ0v) is 9.58. The van der Waals surface area contributed by atoms with Crippen LogP contribution in [0.15, 0.2) is 41.8 Å². The highest BCUT2D eigenvalue weighted by Crippen LogP contribution is 2.27. The third-order valence-corrected chi connectivity index (χ3v) is 3.25. The Kier molecular flexibility index (Phi) is 3.39. The number of benzene rings is 1. The van der Waals surface area contributed by atoms with Crippen LogP contribution in [0.4, 0.5) is 9.18 Å². The molecular weight excluding hydrogens is 241 g/mol. The summed E-state index contributed by atoms with van der Waals surface area (Å²) in [6, 6.07) is 9.08. The van der Waals surface area contributed by atoms with Crippen molar-refractivity contribution in [2.75, 3.05) is 0 Å². The van der Waals surface area contributed by atoms with E-state index in [1.54, 1.807) is 30.3 Å². The quantitative estimate of drug-likeness (QED) is 0.879. The van der Waals surface area contributed by atoms with Gasteiger partial charge in [-0.1, -0.05) is 24.3 Å². The van der Waals surface area contributed by atoms with Gasteiger partial charge in [0.2, 0.25) is 0 Å². The first-order chi connectivity index (χ1) is 8.18. The van der Waals surface area contributed by atoms with Crippen molar-refractivity contribution in [2.45, 2.75) is 6.04 Å². The van der Waals surface area contributed by atoms with Gasteiger partial charge in [0.15, 0.2) is 0 Å². The highest BCUT2D eigenvalue weighted by molar-refractivity contribution is 7.10. The van der Waals surface area contributed by atoms with Crippen molar-refractivity contribution < 1.29 is 14.3 Å². The van der Waals surface area contributed by atoms with Gasteiger partial charge in [0.05, 0.1) is 6.04 Å². The molecule has 0 fully saturated rings. The Labute approximate surface area is 102 Å². The van der Waals surface area contributed by atoms with Crippen LogP contribution in [0, 0.1) is 5.82 Å². The van der Waals surface area contributed by atoms with E-state index in [4.69, 9.17) is 5.11 Å². The molecule has 3 nitrogen and oxygen atoms in total. The molecule has 2 aromatic rings. The van der Waals surface area contributed by atoms with E-state index in [0.717, 1.165) is 4.88 Å². The zero-order valence-electron chi connectivity index (χ0n) is 8.76. The molecule has 1 atom stereocenters. The van der Waals surface area contributed by atoms with Crippen LogP contribution in [0.2, 0.25) is 0 Å². The normalized spacial score (nSPS) is 12.1. The summed E-state index contributed by atoms with van der Waals surface area (Å²) in [7, 11) is 0. The molecule has 1 heterocycles. The fourth-order valence-corrected chi connectivity index (χ4v) is 2.38. The van der Waals surface area contributed by atoms with E-state index in [-0.39, 0.29) is 0 Å². The third kappa shape index (κ3) is 2.62. The topological polar surface area (TPSA) is 49.3 Å². The molecule has 0 saturated carbocycles. The summed E-state index contributed by atoms with van der Waals surface area (Å²) in [5, 5.41) is 13.0. The lowest BCUT2D eigenvalue weighted by Crippen LogP contribution is -2.27. The standard InChI is InChI=1S/C12H10FNO2S/c13-9-5-2-1-4-8(9)11(14-12(15)16)10-6-3-7-17-10/h1-7,11,14H,(H,15,16). The van der Waals surface area contributed by atoms with Gasteiger partial charge in [-0.25, -0.2) is 9.18 Å². The van der Waals surface area contributed by atoms with Gasteiger partial charge in [-0.05, 0) is 17.5 Å². The monoisotopic (exact) mass is 251 g/mol. The Morgan fingerprint density at radius 2 is 2.06 bits per heavy atom. The van der Waals surface area contributed by atoms with Crippen LogP contribution in [-0.4, -0.2) is 11.2 Å². The number of thiophene rings is 1. The average Bonchev–Trinajstić information content (AvgIpc) is 2.80. The van der Waals surface area contributed by atoms with E-state index in [1.807, 2.05) is 5.38 Å². The molecule has 2 N–H and O–H groups in total. The Morgan fingerprint density at radius 3 is 2.65 bits per heavy atom. The van der Waals surface area contributed by atoms with Crippen molar-refractivity contribution in [1.82, 2.24) is 5.32 Å². The minimum Gasteiger partial charge on any atom is -0.465 e. The van der Waals surface area contributed by atoms with Gasteiger partial charge >= 0.3 is 6.09 Å². The van der Waals surface area contributed by atoms with Crippen LogP contribution >= 0.6 is 11.3 Å². The summed E-state index contributed by atoms with van der Waals surface area (Å²) in [5.41, 5.74) is 0.331. The molecule has 17 heavy (non-hydrogen) atoms. The minimum absolute atomic E-state index is 0.331. The third-order valence-electron chi connectivity index (χ3n) is 2.31. The first kappa shape index (κ1) is 11.6. The second kappa shape index (κ2) is 4.97. The smallest absolute Gasteiger partial charge is 0.405 e. The molecular formula is C12H10FNO2S. The van der Waals surface area contributed by atoms with Gasteiger partial charge in [-0.2, -0.15) is 0 Å².